The molecule has 1 aromatic rings. The predicted octanol–water partition coefficient (Wildman–Crippen LogP) is 2.07. The van der Waals surface area contributed by atoms with Gasteiger partial charge >= 0.3 is 0 Å². The summed E-state index contributed by atoms with van der Waals surface area (Å²) in [5.74, 6) is 1.34. The lowest BCUT2D eigenvalue weighted by Crippen LogP contribution is -2.30. The third kappa shape index (κ3) is 1.84. The summed E-state index contributed by atoms with van der Waals surface area (Å²) in [6.07, 6.45) is 0. The van der Waals surface area contributed by atoms with E-state index in [1.165, 1.54) is 0 Å². The van der Waals surface area contributed by atoms with Crippen LogP contribution in [0.15, 0.2) is 12.1 Å². The van der Waals surface area contributed by atoms with Crippen LogP contribution in [-0.2, 0) is 6.54 Å². The monoisotopic (exact) mass is 235 g/mol. The molecule has 0 bridgehead atoms. The van der Waals surface area contributed by atoms with E-state index in [2.05, 4.69) is 0 Å². The first-order valence-corrected chi connectivity index (χ1v) is 5.64. The van der Waals surface area contributed by atoms with Gasteiger partial charge in [-0.2, -0.15) is 0 Å². The normalized spacial score (nSPS) is 14.2. The zero-order chi connectivity index (χ0) is 12.6. The van der Waals surface area contributed by atoms with E-state index in [9.17, 15) is 4.79 Å². The van der Waals surface area contributed by atoms with Crippen molar-refractivity contribution in [2.24, 2.45) is 0 Å². The molecule has 0 radical (unpaired) electrons. The minimum atomic E-state index is 0.0657. The number of methoxy groups -OCH3 is 2. The summed E-state index contributed by atoms with van der Waals surface area (Å²) in [6.45, 7) is 4.67. The molecule has 0 saturated carbocycles. The lowest BCUT2D eigenvalue weighted by atomic mass is 10.1. The quantitative estimate of drug-likeness (QED) is 0.805. The summed E-state index contributed by atoms with van der Waals surface area (Å²) >= 11 is 0. The molecular formula is C13H17NO3. The van der Waals surface area contributed by atoms with Gasteiger partial charge in [-0.3, -0.25) is 4.79 Å². The molecule has 0 atom stereocenters. The maximum Gasteiger partial charge on any atom is 0.254 e. The predicted molar refractivity (Wildman–Crippen MR) is 64.6 cm³/mol. The van der Waals surface area contributed by atoms with Gasteiger partial charge in [-0.25, -0.2) is 0 Å². The number of carbonyl (C=O) groups is 1. The molecule has 1 aliphatic rings. The van der Waals surface area contributed by atoms with Crippen molar-refractivity contribution in [3.8, 4) is 11.5 Å². The number of hydrogen-bond acceptors (Lipinski definition) is 3. The van der Waals surface area contributed by atoms with Gasteiger partial charge in [-0.1, -0.05) is 0 Å². The Kier molecular flexibility index (Phi) is 2.96. The summed E-state index contributed by atoms with van der Waals surface area (Å²) < 4.78 is 10.4. The van der Waals surface area contributed by atoms with E-state index in [0.717, 1.165) is 11.1 Å². The second kappa shape index (κ2) is 4.28. The van der Waals surface area contributed by atoms with Crippen molar-refractivity contribution in [1.82, 2.24) is 4.90 Å². The SMILES string of the molecule is COc1cc2c(cc1OC)C(=O)N(C(C)C)C2. The number of benzene rings is 1. The molecule has 1 amide bonds. The first-order chi connectivity index (χ1) is 8.08. The molecule has 4 nitrogen and oxygen atoms in total. The fourth-order valence-electron chi connectivity index (χ4n) is 2.08. The van der Waals surface area contributed by atoms with E-state index >= 15 is 0 Å². The van der Waals surface area contributed by atoms with Crippen molar-refractivity contribution in [3.63, 3.8) is 0 Å². The van der Waals surface area contributed by atoms with Crippen LogP contribution >= 0.6 is 0 Å². The number of rotatable bonds is 3. The van der Waals surface area contributed by atoms with Crippen molar-refractivity contribution < 1.29 is 14.3 Å². The van der Waals surface area contributed by atoms with Gasteiger partial charge in [-0.15, -0.1) is 0 Å². The van der Waals surface area contributed by atoms with Gasteiger partial charge in [-0.05, 0) is 31.5 Å². The Balaban J connectivity index is 2.45. The average molecular weight is 235 g/mol. The number of fused-ring (bicyclic) bond motifs is 1. The number of carbonyl (C=O) groups excluding carboxylic acids is 1. The maximum atomic E-state index is 12.1. The van der Waals surface area contributed by atoms with Crippen LogP contribution < -0.4 is 9.47 Å². The number of amides is 1. The molecule has 0 spiro atoms. The highest BCUT2D eigenvalue weighted by molar-refractivity contribution is 5.99. The molecule has 0 aromatic heterocycles. The van der Waals surface area contributed by atoms with Gasteiger partial charge in [0.05, 0.1) is 14.2 Å². The van der Waals surface area contributed by atoms with Crippen molar-refractivity contribution in [2.75, 3.05) is 14.2 Å². The molecule has 1 heterocycles. The second-order valence-electron chi connectivity index (χ2n) is 4.39. The molecule has 2 rings (SSSR count). The van der Waals surface area contributed by atoms with E-state index in [0.29, 0.717) is 18.0 Å². The van der Waals surface area contributed by atoms with Crippen LogP contribution in [0.25, 0.3) is 0 Å². The van der Waals surface area contributed by atoms with Crippen LogP contribution in [0.5, 0.6) is 11.5 Å². The minimum Gasteiger partial charge on any atom is -0.493 e. The maximum absolute atomic E-state index is 12.1. The Morgan fingerprint density at radius 2 is 1.76 bits per heavy atom. The van der Waals surface area contributed by atoms with E-state index in [1.807, 2.05) is 24.8 Å². The van der Waals surface area contributed by atoms with Crippen LogP contribution in [-0.4, -0.2) is 31.1 Å². The molecule has 0 saturated heterocycles. The van der Waals surface area contributed by atoms with E-state index in [1.54, 1.807) is 20.3 Å². The summed E-state index contributed by atoms with van der Waals surface area (Å²) in [7, 11) is 3.17. The van der Waals surface area contributed by atoms with Crippen LogP contribution in [0.1, 0.15) is 29.8 Å². The van der Waals surface area contributed by atoms with Crippen LogP contribution in [0, 0.1) is 0 Å². The highest BCUT2D eigenvalue weighted by atomic mass is 16.5. The Hall–Kier alpha value is -1.71. The molecule has 4 heteroatoms. The van der Waals surface area contributed by atoms with E-state index in [4.69, 9.17) is 9.47 Å². The van der Waals surface area contributed by atoms with Gasteiger partial charge in [0.2, 0.25) is 0 Å². The molecule has 1 aromatic carbocycles. The third-order valence-electron chi connectivity index (χ3n) is 3.06. The summed E-state index contributed by atoms with van der Waals surface area (Å²) in [4.78, 5) is 14.0. The number of ether oxygens (including phenoxy) is 2. The van der Waals surface area contributed by atoms with Crippen LogP contribution in [0.2, 0.25) is 0 Å². The first-order valence-electron chi connectivity index (χ1n) is 5.64. The molecule has 0 aliphatic carbocycles. The van der Waals surface area contributed by atoms with Gasteiger partial charge in [0, 0.05) is 18.2 Å². The standard InChI is InChI=1S/C13H17NO3/c1-8(2)14-7-9-5-11(16-3)12(17-4)6-10(9)13(14)15/h5-6,8H,7H2,1-4H3. The highest BCUT2D eigenvalue weighted by Gasteiger charge is 2.30. The van der Waals surface area contributed by atoms with Gasteiger partial charge < -0.3 is 14.4 Å². The van der Waals surface area contributed by atoms with Gasteiger partial charge in [0.1, 0.15) is 0 Å². The van der Waals surface area contributed by atoms with Gasteiger partial charge in [0.15, 0.2) is 11.5 Å². The molecule has 0 unspecified atom stereocenters. The molecule has 92 valence electrons. The smallest absolute Gasteiger partial charge is 0.254 e. The Labute approximate surface area is 101 Å². The molecule has 1 aliphatic heterocycles. The molecular weight excluding hydrogens is 218 g/mol. The zero-order valence-corrected chi connectivity index (χ0v) is 10.6. The Morgan fingerprint density at radius 3 is 2.29 bits per heavy atom. The summed E-state index contributed by atoms with van der Waals surface area (Å²) in [5.41, 5.74) is 1.72. The fourth-order valence-corrected chi connectivity index (χ4v) is 2.08. The lowest BCUT2D eigenvalue weighted by Gasteiger charge is -2.19. The Bertz CT molecular complexity index is 454. The zero-order valence-electron chi connectivity index (χ0n) is 10.6. The average Bonchev–Trinajstić information content (AvgIpc) is 2.64. The molecule has 0 fully saturated rings. The number of hydrogen-bond donors (Lipinski definition) is 0. The van der Waals surface area contributed by atoms with Gasteiger partial charge in [0.25, 0.3) is 5.91 Å². The lowest BCUT2D eigenvalue weighted by molar-refractivity contribution is 0.0730. The van der Waals surface area contributed by atoms with Crippen molar-refractivity contribution >= 4 is 5.91 Å². The summed E-state index contributed by atoms with van der Waals surface area (Å²) in [6, 6.07) is 3.85. The van der Waals surface area contributed by atoms with Crippen molar-refractivity contribution in [1.29, 1.82) is 0 Å². The molecule has 17 heavy (non-hydrogen) atoms. The Morgan fingerprint density at radius 1 is 1.18 bits per heavy atom. The van der Waals surface area contributed by atoms with E-state index < -0.39 is 0 Å². The largest absolute Gasteiger partial charge is 0.493 e. The fraction of sp³-hybridized carbons (Fsp3) is 0.462. The number of nitrogens with zero attached hydrogens (tertiary/aromatic N) is 1. The summed E-state index contributed by atoms with van der Waals surface area (Å²) in [5, 5.41) is 0. The highest BCUT2D eigenvalue weighted by Crippen LogP contribution is 2.35. The first kappa shape index (κ1) is 11.8. The minimum absolute atomic E-state index is 0.0657. The van der Waals surface area contributed by atoms with Crippen molar-refractivity contribution in [2.45, 2.75) is 26.4 Å². The van der Waals surface area contributed by atoms with E-state index in [-0.39, 0.29) is 11.9 Å². The van der Waals surface area contributed by atoms with Crippen LogP contribution in [0.4, 0.5) is 0 Å². The van der Waals surface area contributed by atoms with Crippen LogP contribution in [0.3, 0.4) is 0 Å². The third-order valence-corrected chi connectivity index (χ3v) is 3.06. The molecule has 0 N–H and O–H groups in total. The topological polar surface area (TPSA) is 38.8 Å². The van der Waals surface area contributed by atoms with Crippen molar-refractivity contribution in [3.05, 3.63) is 23.3 Å². The second-order valence-corrected chi connectivity index (χ2v) is 4.39.